The van der Waals surface area contributed by atoms with Crippen LogP contribution in [0.25, 0.3) is 0 Å². The Morgan fingerprint density at radius 2 is 1.88 bits per heavy atom. The van der Waals surface area contributed by atoms with Crippen molar-refractivity contribution in [2.75, 3.05) is 20.0 Å². The van der Waals surface area contributed by atoms with Crippen molar-refractivity contribution in [1.82, 2.24) is 0 Å². The highest BCUT2D eigenvalue weighted by atomic mass is 79.9. The van der Waals surface area contributed by atoms with Gasteiger partial charge in [-0.15, -0.1) is 0 Å². The topological polar surface area (TPSA) is 61.5 Å². The molecule has 4 nitrogen and oxygen atoms in total. The van der Waals surface area contributed by atoms with E-state index in [1.54, 1.807) is 0 Å². The molecule has 0 aliphatic heterocycles. The van der Waals surface area contributed by atoms with E-state index in [4.69, 9.17) is 5.73 Å². The van der Waals surface area contributed by atoms with E-state index in [-0.39, 0.29) is 4.47 Å². The average molecular weight is 296 g/mol. The third-order valence-electron chi connectivity index (χ3n) is 1.91. The van der Waals surface area contributed by atoms with E-state index in [0.717, 1.165) is 14.2 Å². The fourth-order valence-electron chi connectivity index (χ4n) is 1.14. The number of nitrogens with two attached hydrogens (primary N) is 1. The Hall–Kier alpha value is -1.37. The SMILES string of the molecule is COC(=O)c1c(N)c(F)c(Br)c(OC)c1F. The Morgan fingerprint density at radius 1 is 1.31 bits per heavy atom. The molecule has 0 fully saturated rings. The molecule has 1 aromatic carbocycles. The predicted octanol–water partition coefficient (Wildman–Crippen LogP) is 2.10. The number of methoxy groups -OCH3 is 2. The van der Waals surface area contributed by atoms with Gasteiger partial charge in [0, 0.05) is 0 Å². The number of esters is 1. The first-order valence-corrected chi connectivity index (χ1v) is 4.83. The van der Waals surface area contributed by atoms with Crippen molar-refractivity contribution in [2.45, 2.75) is 0 Å². The number of ether oxygens (including phenoxy) is 2. The van der Waals surface area contributed by atoms with Gasteiger partial charge in [-0.1, -0.05) is 0 Å². The summed E-state index contributed by atoms with van der Waals surface area (Å²) in [4.78, 5) is 11.2. The molecule has 7 heteroatoms. The van der Waals surface area contributed by atoms with Crippen molar-refractivity contribution in [2.24, 2.45) is 0 Å². The van der Waals surface area contributed by atoms with Crippen LogP contribution in [-0.4, -0.2) is 20.2 Å². The number of anilines is 1. The van der Waals surface area contributed by atoms with Gasteiger partial charge in [-0.3, -0.25) is 0 Å². The number of hydrogen-bond donors (Lipinski definition) is 1. The molecular formula is C9H8BrF2NO3. The lowest BCUT2D eigenvalue weighted by Gasteiger charge is -2.12. The lowest BCUT2D eigenvalue weighted by atomic mass is 10.1. The average Bonchev–Trinajstić information content (AvgIpc) is 2.27. The second kappa shape index (κ2) is 4.65. The van der Waals surface area contributed by atoms with Crippen LogP contribution in [0.15, 0.2) is 4.47 Å². The quantitative estimate of drug-likeness (QED) is 0.516. The van der Waals surface area contributed by atoms with Crippen molar-refractivity contribution in [3.63, 3.8) is 0 Å². The molecule has 0 unspecified atom stereocenters. The third kappa shape index (κ3) is 1.82. The van der Waals surface area contributed by atoms with Crippen LogP contribution in [0.5, 0.6) is 5.75 Å². The normalized spacial score (nSPS) is 10.1. The Morgan fingerprint density at radius 3 is 2.31 bits per heavy atom. The van der Waals surface area contributed by atoms with Gasteiger partial charge in [-0.25, -0.2) is 13.6 Å². The number of carbonyl (C=O) groups is 1. The molecule has 1 rings (SSSR count). The zero-order chi connectivity index (χ0) is 12.5. The minimum atomic E-state index is -1.07. The fraction of sp³-hybridized carbons (Fsp3) is 0.222. The molecular weight excluding hydrogens is 288 g/mol. The minimum absolute atomic E-state index is 0.280. The highest BCUT2D eigenvalue weighted by Gasteiger charge is 2.27. The van der Waals surface area contributed by atoms with Crippen LogP contribution in [0.4, 0.5) is 14.5 Å². The van der Waals surface area contributed by atoms with E-state index in [0.29, 0.717) is 0 Å². The monoisotopic (exact) mass is 295 g/mol. The van der Waals surface area contributed by atoms with Gasteiger partial charge >= 0.3 is 5.97 Å². The maximum Gasteiger partial charge on any atom is 0.343 e. The molecule has 0 aliphatic rings. The number of nitrogen functional groups attached to an aromatic ring is 1. The summed E-state index contributed by atoms with van der Waals surface area (Å²) in [6, 6.07) is 0. The summed E-state index contributed by atoms with van der Waals surface area (Å²) in [6.07, 6.45) is 0. The molecule has 88 valence electrons. The first-order valence-electron chi connectivity index (χ1n) is 4.03. The van der Waals surface area contributed by atoms with Gasteiger partial charge in [0.1, 0.15) is 10.0 Å². The standard InChI is InChI=1S/C9H8BrF2NO3/c1-15-8-4(10)6(12)7(13)3(5(8)11)9(14)16-2/h13H2,1-2H3. The summed E-state index contributed by atoms with van der Waals surface area (Å²) in [5.74, 6) is -3.55. The molecule has 0 aromatic heterocycles. The van der Waals surface area contributed by atoms with Crippen LogP contribution in [0.1, 0.15) is 10.4 Å². The van der Waals surface area contributed by atoms with Crippen LogP contribution in [0.2, 0.25) is 0 Å². The molecule has 0 saturated carbocycles. The van der Waals surface area contributed by atoms with E-state index < -0.39 is 34.6 Å². The summed E-state index contributed by atoms with van der Waals surface area (Å²) < 4.78 is 35.8. The summed E-state index contributed by atoms with van der Waals surface area (Å²) in [7, 11) is 2.17. The Kier molecular flexibility index (Phi) is 3.69. The van der Waals surface area contributed by atoms with Gasteiger partial charge in [0.15, 0.2) is 17.4 Å². The van der Waals surface area contributed by atoms with E-state index in [2.05, 4.69) is 25.4 Å². The lowest BCUT2D eigenvalue weighted by molar-refractivity contribution is 0.0595. The van der Waals surface area contributed by atoms with Gasteiger partial charge < -0.3 is 15.2 Å². The van der Waals surface area contributed by atoms with Crippen molar-refractivity contribution in [3.05, 3.63) is 21.7 Å². The molecule has 0 heterocycles. The number of hydrogen-bond acceptors (Lipinski definition) is 4. The second-order valence-electron chi connectivity index (χ2n) is 2.76. The van der Waals surface area contributed by atoms with E-state index in [1.165, 1.54) is 0 Å². The summed E-state index contributed by atoms with van der Waals surface area (Å²) in [6.45, 7) is 0. The highest BCUT2D eigenvalue weighted by Crippen LogP contribution is 2.37. The summed E-state index contributed by atoms with van der Waals surface area (Å²) >= 11 is 2.78. The smallest absolute Gasteiger partial charge is 0.343 e. The number of halogens is 3. The molecule has 0 spiro atoms. The van der Waals surface area contributed by atoms with Gasteiger partial charge in [0.25, 0.3) is 0 Å². The fourth-order valence-corrected chi connectivity index (χ4v) is 1.69. The van der Waals surface area contributed by atoms with Crippen molar-refractivity contribution >= 4 is 27.6 Å². The first-order chi connectivity index (χ1) is 7.45. The first kappa shape index (κ1) is 12.7. The second-order valence-corrected chi connectivity index (χ2v) is 3.55. The summed E-state index contributed by atoms with van der Waals surface area (Å²) in [5.41, 5.74) is 3.97. The minimum Gasteiger partial charge on any atom is -0.492 e. The Bertz CT molecular complexity index is 451. The largest absolute Gasteiger partial charge is 0.492 e. The molecule has 0 aliphatic carbocycles. The van der Waals surface area contributed by atoms with Crippen molar-refractivity contribution < 1.29 is 23.0 Å². The molecule has 2 N–H and O–H groups in total. The molecule has 1 aromatic rings. The van der Waals surface area contributed by atoms with Crippen LogP contribution in [-0.2, 0) is 4.74 Å². The van der Waals surface area contributed by atoms with E-state index >= 15 is 0 Å². The van der Waals surface area contributed by atoms with Crippen LogP contribution in [0, 0.1) is 11.6 Å². The maximum atomic E-state index is 13.7. The molecule has 0 bridgehead atoms. The molecule has 16 heavy (non-hydrogen) atoms. The van der Waals surface area contributed by atoms with Crippen LogP contribution < -0.4 is 10.5 Å². The molecule has 0 radical (unpaired) electrons. The molecule has 0 saturated heterocycles. The molecule has 0 amide bonds. The zero-order valence-electron chi connectivity index (χ0n) is 8.44. The van der Waals surface area contributed by atoms with Gasteiger partial charge in [-0.05, 0) is 15.9 Å². The number of carbonyl (C=O) groups excluding carboxylic acids is 1. The summed E-state index contributed by atoms with van der Waals surface area (Å²) in [5, 5.41) is 0. The highest BCUT2D eigenvalue weighted by molar-refractivity contribution is 9.10. The van der Waals surface area contributed by atoms with Gasteiger partial charge in [0.05, 0.1) is 19.9 Å². The zero-order valence-corrected chi connectivity index (χ0v) is 10.0. The Balaban J connectivity index is 3.62. The van der Waals surface area contributed by atoms with Gasteiger partial charge in [-0.2, -0.15) is 0 Å². The molecule has 0 atom stereocenters. The van der Waals surface area contributed by atoms with Crippen LogP contribution in [0.3, 0.4) is 0 Å². The lowest BCUT2D eigenvalue weighted by Crippen LogP contribution is -2.12. The number of rotatable bonds is 2. The van der Waals surface area contributed by atoms with Gasteiger partial charge in [0.2, 0.25) is 0 Å². The number of benzene rings is 1. The van der Waals surface area contributed by atoms with Crippen LogP contribution >= 0.6 is 15.9 Å². The Labute approximate surface area is 98.5 Å². The van der Waals surface area contributed by atoms with Crippen molar-refractivity contribution in [3.8, 4) is 5.75 Å². The van der Waals surface area contributed by atoms with E-state index in [9.17, 15) is 13.6 Å². The predicted molar refractivity (Wildman–Crippen MR) is 56.4 cm³/mol. The van der Waals surface area contributed by atoms with Crippen molar-refractivity contribution in [1.29, 1.82) is 0 Å². The van der Waals surface area contributed by atoms with E-state index in [1.807, 2.05) is 0 Å². The third-order valence-corrected chi connectivity index (χ3v) is 2.62. The maximum absolute atomic E-state index is 13.7.